The molecule has 1 fully saturated rings. The van der Waals surface area contributed by atoms with E-state index in [0.717, 1.165) is 0 Å². The van der Waals surface area contributed by atoms with Crippen molar-refractivity contribution in [1.82, 2.24) is 0 Å². The van der Waals surface area contributed by atoms with Gasteiger partial charge < -0.3 is 0 Å². The van der Waals surface area contributed by atoms with Crippen LogP contribution in [0.3, 0.4) is 0 Å². The monoisotopic (exact) mass is 328 g/mol. The number of rotatable bonds is 0. The van der Waals surface area contributed by atoms with Gasteiger partial charge in [-0.25, -0.2) is 0 Å². The molecule has 1 aliphatic heterocycles. The molecule has 0 aromatic carbocycles. The maximum absolute atomic E-state index is 2.43. The van der Waals surface area contributed by atoms with Crippen molar-refractivity contribution in [2.24, 2.45) is 0 Å². The van der Waals surface area contributed by atoms with Gasteiger partial charge in [0.15, 0.2) is 0 Å². The normalized spacial score (nSPS) is 23.2. The molecule has 0 unspecified atom stereocenters. The van der Waals surface area contributed by atoms with Gasteiger partial charge in [0.25, 0.3) is 0 Å². The predicted molar refractivity (Wildman–Crippen MR) is 67.1 cm³/mol. The molecule has 0 aliphatic carbocycles. The van der Waals surface area contributed by atoms with Crippen molar-refractivity contribution in [3.63, 3.8) is 0 Å². The summed E-state index contributed by atoms with van der Waals surface area (Å²) in [5, 5.41) is 0.610. The molecule has 0 atom stereocenters. The van der Waals surface area contributed by atoms with Crippen LogP contribution >= 0.6 is 25.8 Å². The molecule has 1 rings (SSSR count). The van der Waals surface area contributed by atoms with Crippen molar-refractivity contribution < 1.29 is 0 Å². The van der Waals surface area contributed by atoms with Crippen molar-refractivity contribution in [1.29, 1.82) is 0 Å². The van der Waals surface area contributed by atoms with Crippen LogP contribution < -0.4 is 0 Å². The molecular formula is C8H17PS2Sn. The van der Waals surface area contributed by atoms with E-state index in [2.05, 4.69) is 38.7 Å². The molecule has 0 aromatic rings. The number of hydrogen-bond acceptors (Lipinski definition) is 2. The van der Waals surface area contributed by atoms with Crippen molar-refractivity contribution >= 4 is 44.2 Å². The Morgan fingerprint density at radius 1 is 1.08 bits per heavy atom. The standard InChI is InChI=1S/C8H19PS2.Sn/c1-8(2,3)9(4-6-10)5-7-11;/h10-11H,4-7H2,1-3H3;/q;+2/p-2. The molecule has 0 bridgehead atoms. The van der Waals surface area contributed by atoms with Crippen LogP contribution in [0.2, 0.25) is 0 Å². The Kier molecular flexibility index (Phi) is 5.72. The summed E-state index contributed by atoms with van der Waals surface area (Å²) in [6.45, 7) is 7.28. The van der Waals surface area contributed by atoms with Crippen LogP contribution in [0.25, 0.3) is 0 Å². The van der Waals surface area contributed by atoms with Gasteiger partial charge >= 0.3 is 93.9 Å². The molecule has 0 saturated carbocycles. The summed E-state index contributed by atoms with van der Waals surface area (Å²) in [4.78, 5) is 0. The molecule has 12 heavy (non-hydrogen) atoms. The van der Waals surface area contributed by atoms with Gasteiger partial charge in [-0.1, -0.05) is 0 Å². The second-order valence-electron chi connectivity index (χ2n) is 3.94. The van der Waals surface area contributed by atoms with E-state index in [1.54, 1.807) is 0 Å². The van der Waals surface area contributed by atoms with E-state index in [4.69, 9.17) is 0 Å². The van der Waals surface area contributed by atoms with Crippen LogP contribution in [0.5, 0.6) is 0 Å². The average Bonchev–Trinajstić information content (AvgIpc) is 1.81. The third kappa shape index (κ3) is 4.43. The Morgan fingerprint density at radius 2 is 1.58 bits per heavy atom. The first kappa shape index (κ1) is 12.0. The molecule has 0 amide bonds. The fourth-order valence-corrected chi connectivity index (χ4v) is 17.4. The van der Waals surface area contributed by atoms with Gasteiger partial charge in [-0.15, -0.1) is 0 Å². The van der Waals surface area contributed by atoms with Gasteiger partial charge in [0.05, 0.1) is 0 Å². The van der Waals surface area contributed by atoms with Gasteiger partial charge in [-0.05, 0) is 0 Å². The van der Waals surface area contributed by atoms with Crippen molar-refractivity contribution in [2.45, 2.75) is 25.9 Å². The third-order valence-electron chi connectivity index (χ3n) is 1.99. The van der Waals surface area contributed by atoms with Crippen LogP contribution in [0, 0.1) is 0 Å². The van der Waals surface area contributed by atoms with Gasteiger partial charge in [0.1, 0.15) is 0 Å². The molecule has 2 radical (unpaired) electrons. The van der Waals surface area contributed by atoms with Gasteiger partial charge in [-0.2, -0.15) is 0 Å². The Hall–Kier alpha value is 1.93. The second-order valence-corrected chi connectivity index (χ2v) is 18.5. The Balaban J connectivity index is 2.40. The Bertz CT molecular complexity index is 128. The summed E-state index contributed by atoms with van der Waals surface area (Å²) in [7, 11) is 4.93. The second kappa shape index (κ2) is 5.72. The van der Waals surface area contributed by atoms with E-state index in [1.165, 1.54) is 23.8 Å². The zero-order valence-corrected chi connectivity index (χ0v) is 13.5. The van der Waals surface area contributed by atoms with E-state index in [9.17, 15) is 0 Å². The topological polar surface area (TPSA) is 0 Å². The summed E-state index contributed by atoms with van der Waals surface area (Å²) in [6, 6.07) is 0. The quantitative estimate of drug-likeness (QED) is 0.495. The van der Waals surface area contributed by atoms with Crippen LogP contribution in [0.15, 0.2) is 0 Å². The molecular weight excluding hydrogens is 310 g/mol. The van der Waals surface area contributed by atoms with Crippen LogP contribution in [0.1, 0.15) is 20.8 Å². The molecule has 0 N–H and O–H groups in total. The summed E-state index contributed by atoms with van der Waals surface area (Å²) in [6.07, 6.45) is 3.07. The molecule has 1 aliphatic rings. The summed E-state index contributed by atoms with van der Waals surface area (Å²) in [5.74, 6) is 2.95. The fraction of sp³-hybridized carbons (Fsp3) is 1.00. The van der Waals surface area contributed by atoms with E-state index in [-0.39, 0.29) is 18.4 Å². The fourth-order valence-electron chi connectivity index (χ4n) is 1.22. The van der Waals surface area contributed by atoms with Gasteiger partial charge in [0, 0.05) is 0 Å². The van der Waals surface area contributed by atoms with Crippen molar-refractivity contribution in [3.8, 4) is 0 Å². The molecule has 70 valence electrons. The maximum atomic E-state index is 2.43. The number of hydrogen-bond donors (Lipinski definition) is 0. The SMILES string of the molecule is CC(C)(C)P1CC[S][Sn][S]CC1. The molecule has 0 spiro atoms. The summed E-state index contributed by atoms with van der Waals surface area (Å²) >= 11 is -0.0171. The third-order valence-corrected chi connectivity index (χ3v) is 17.3. The van der Waals surface area contributed by atoms with E-state index in [1.807, 2.05) is 0 Å². The molecule has 4 heteroatoms. The van der Waals surface area contributed by atoms with Gasteiger partial charge in [-0.3, -0.25) is 0 Å². The molecule has 0 aromatic heterocycles. The zero-order chi connectivity index (χ0) is 9.03. The zero-order valence-electron chi connectivity index (χ0n) is 8.09. The van der Waals surface area contributed by atoms with E-state index in [0.29, 0.717) is 13.1 Å². The summed E-state index contributed by atoms with van der Waals surface area (Å²) in [5.41, 5.74) is 0. The molecule has 1 saturated heterocycles. The van der Waals surface area contributed by atoms with E-state index < -0.39 is 0 Å². The molecule has 0 nitrogen and oxygen atoms in total. The average molecular weight is 327 g/mol. The first-order valence-electron chi connectivity index (χ1n) is 4.34. The van der Waals surface area contributed by atoms with Crippen LogP contribution in [-0.2, 0) is 0 Å². The van der Waals surface area contributed by atoms with Crippen molar-refractivity contribution in [2.75, 3.05) is 23.8 Å². The van der Waals surface area contributed by atoms with Gasteiger partial charge in [0.2, 0.25) is 0 Å². The minimum absolute atomic E-state index is 0.0171. The predicted octanol–water partition coefficient (Wildman–Crippen LogP) is 3.28. The molecule has 1 heterocycles. The van der Waals surface area contributed by atoms with Crippen LogP contribution in [0.4, 0.5) is 0 Å². The Labute approximate surface area is 93.3 Å². The summed E-state index contributed by atoms with van der Waals surface area (Å²) < 4.78 is 0. The van der Waals surface area contributed by atoms with E-state index >= 15 is 0 Å². The Morgan fingerprint density at radius 3 is 2.00 bits per heavy atom. The van der Waals surface area contributed by atoms with Crippen LogP contribution in [-0.4, -0.2) is 47.4 Å². The minimum atomic E-state index is -0.0171. The first-order valence-corrected chi connectivity index (χ1v) is 15.0. The first-order chi connectivity index (χ1) is 5.61. The van der Waals surface area contributed by atoms with Crippen molar-refractivity contribution in [3.05, 3.63) is 0 Å².